The molecule has 0 rings (SSSR count). The van der Waals surface area contributed by atoms with Crippen LogP contribution in [0.3, 0.4) is 0 Å². The highest BCUT2D eigenvalue weighted by Crippen LogP contribution is 2.12. The van der Waals surface area contributed by atoms with Crippen LogP contribution in [0.4, 0.5) is 0 Å². The molecule has 0 aliphatic rings. The van der Waals surface area contributed by atoms with Crippen LogP contribution in [0.2, 0.25) is 0 Å². The first-order valence-electron chi connectivity index (χ1n) is 8.41. The molecule has 0 atom stereocenters. The molecule has 0 aromatic heterocycles. The first-order chi connectivity index (χ1) is 8.41. The van der Waals surface area contributed by atoms with Crippen LogP contribution in [0.1, 0.15) is 105 Å². The standard InChI is InChI=1S/C16H34/c1-3-5-7-9-11-13-15-16-14-12-10-8-6-4-2/h3-16H2,1-2H3/i1T. The molecule has 98 valence electrons. The first kappa shape index (κ1) is 14.1. The summed E-state index contributed by atoms with van der Waals surface area (Å²) in [7, 11) is 0. The minimum absolute atomic E-state index is 0.623. The van der Waals surface area contributed by atoms with Crippen molar-refractivity contribution in [3.05, 3.63) is 0 Å². The van der Waals surface area contributed by atoms with Crippen molar-refractivity contribution in [3.8, 4) is 0 Å². The summed E-state index contributed by atoms with van der Waals surface area (Å²) in [5, 5.41) is 0. The van der Waals surface area contributed by atoms with Gasteiger partial charge in [0, 0.05) is 1.37 Å². The van der Waals surface area contributed by atoms with Crippen LogP contribution in [0.15, 0.2) is 0 Å². The minimum atomic E-state index is 0.623. The normalized spacial score (nSPS) is 11.7. The average Bonchev–Trinajstić information content (AvgIpc) is 2.35. The lowest BCUT2D eigenvalue weighted by molar-refractivity contribution is 0.538. The minimum Gasteiger partial charge on any atom is -0.0654 e. The quantitative estimate of drug-likeness (QED) is 0.316. The average molecular weight is 228 g/mol. The highest BCUT2D eigenvalue weighted by Gasteiger charge is 1.92. The molecule has 0 fully saturated rings. The van der Waals surface area contributed by atoms with Crippen molar-refractivity contribution in [1.82, 2.24) is 0 Å². The zero-order chi connectivity index (χ0) is 12.6. The Morgan fingerprint density at radius 2 is 0.812 bits per heavy atom. The third-order valence-corrected chi connectivity index (χ3v) is 3.35. The molecule has 0 unspecified atom stereocenters. The van der Waals surface area contributed by atoms with Crippen molar-refractivity contribution < 1.29 is 1.37 Å². The Morgan fingerprint density at radius 3 is 1.12 bits per heavy atom. The lowest BCUT2D eigenvalue weighted by atomic mass is 10.0. The van der Waals surface area contributed by atoms with E-state index in [1.165, 1.54) is 83.5 Å². The van der Waals surface area contributed by atoms with Gasteiger partial charge in [0.15, 0.2) is 0 Å². The highest BCUT2D eigenvalue weighted by atomic mass is 14.0. The van der Waals surface area contributed by atoms with Gasteiger partial charge in [-0.2, -0.15) is 0 Å². The van der Waals surface area contributed by atoms with E-state index in [1.807, 2.05) is 0 Å². The summed E-state index contributed by atoms with van der Waals surface area (Å²) < 4.78 is 7.06. The van der Waals surface area contributed by atoms with Gasteiger partial charge in [-0.25, -0.2) is 0 Å². The maximum Gasteiger partial charge on any atom is 0.0230 e. The molecule has 0 aliphatic heterocycles. The van der Waals surface area contributed by atoms with E-state index in [4.69, 9.17) is 1.37 Å². The second-order valence-electron chi connectivity index (χ2n) is 5.10. The van der Waals surface area contributed by atoms with E-state index in [9.17, 15) is 0 Å². The fraction of sp³-hybridized carbons (Fsp3) is 1.00. The molecule has 0 amide bonds. The zero-order valence-corrected chi connectivity index (χ0v) is 11.6. The molecule has 16 heavy (non-hydrogen) atoms. The molecular formula is C16H34. The third-order valence-electron chi connectivity index (χ3n) is 3.35. The third kappa shape index (κ3) is 14.0. The summed E-state index contributed by atoms with van der Waals surface area (Å²) in [6.45, 7) is 2.90. The Hall–Kier alpha value is 0. The number of hydrogen-bond acceptors (Lipinski definition) is 0. The lowest BCUT2D eigenvalue weighted by Gasteiger charge is -2.02. The van der Waals surface area contributed by atoms with Crippen LogP contribution in [0.5, 0.6) is 0 Å². The van der Waals surface area contributed by atoms with Crippen molar-refractivity contribution in [2.75, 3.05) is 0 Å². The molecule has 0 saturated carbocycles. The predicted octanol–water partition coefficient (Wildman–Crippen LogP) is 6.49. The van der Waals surface area contributed by atoms with E-state index in [0.29, 0.717) is 6.90 Å². The molecule has 0 saturated heterocycles. The highest BCUT2D eigenvalue weighted by molar-refractivity contribution is 4.48. The maximum absolute atomic E-state index is 7.06. The Morgan fingerprint density at radius 1 is 0.500 bits per heavy atom. The van der Waals surface area contributed by atoms with Gasteiger partial charge in [-0.3, -0.25) is 0 Å². The molecule has 0 spiro atoms. The lowest BCUT2D eigenvalue weighted by Crippen LogP contribution is -1.82. The molecule has 0 N–H and O–H groups in total. The Kier molecular flexibility index (Phi) is 13.2. The van der Waals surface area contributed by atoms with Gasteiger partial charge in [0.25, 0.3) is 0 Å². The van der Waals surface area contributed by atoms with Gasteiger partial charge in [-0.05, 0) is 0 Å². The molecular weight excluding hydrogens is 192 g/mol. The van der Waals surface area contributed by atoms with Crippen LogP contribution in [-0.2, 0) is 0 Å². The number of unbranched alkanes of at least 4 members (excludes halogenated alkanes) is 13. The van der Waals surface area contributed by atoms with Crippen LogP contribution in [0.25, 0.3) is 0 Å². The first-order valence-corrected chi connectivity index (χ1v) is 7.71. The van der Waals surface area contributed by atoms with Gasteiger partial charge in [0.2, 0.25) is 0 Å². The summed E-state index contributed by atoms with van der Waals surface area (Å²) >= 11 is 0. The molecule has 0 radical (unpaired) electrons. The van der Waals surface area contributed by atoms with Crippen molar-refractivity contribution in [3.63, 3.8) is 0 Å². The van der Waals surface area contributed by atoms with Gasteiger partial charge in [-0.1, -0.05) is 104 Å². The fourth-order valence-electron chi connectivity index (χ4n) is 2.19. The smallest absolute Gasteiger partial charge is 0.0230 e. The van der Waals surface area contributed by atoms with E-state index < -0.39 is 0 Å². The summed E-state index contributed by atoms with van der Waals surface area (Å²) in [4.78, 5) is 0. The number of rotatable bonds is 13. The van der Waals surface area contributed by atoms with E-state index >= 15 is 0 Å². The van der Waals surface area contributed by atoms with Gasteiger partial charge in [0.05, 0.1) is 0 Å². The molecule has 0 aromatic carbocycles. The van der Waals surface area contributed by atoms with Gasteiger partial charge >= 0.3 is 0 Å². The van der Waals surface area contributed by atoms with Crippen LogP contribution < -0.4 is 0 Å². The second kappa shape index (κ2) is 15.0. The Bertz CT molecular complexity index is 109. The zero-order valence-electron chi connectivity index (χ0n) is 12.6. The Labute approximate surface area is 106 Å². The van der Waals surface area contributed by atoms with Crippen LogP contribution in [-0.4, -0.2) is 0 Å². The van der Waals surface area contributed by atoms with E-state index in [1.54, 1.807) is 0 Å². The summed E-state index contributed by atoms with van der Waals surface area (Å²) in [5.74, 6) is 0. The van der Waals surface area contributed by atoms with E-state index in [2.05, 4.69) is 6.92 Å². The molecule has 0 bridgehead atoms. The SMILES string of the molecule is [3H]CCCCCCCCCCCCCCCC. The molecule has 0 nitrogen and oxygen atoms in total. The summed E-state index contributed by atoms with van der Waals surface area (Å²) in [6, 6.07) is 0. The largest absolute Gasteiger partial charge is 0.0654 e. The molecule has 0 aromatic rings. The van der Waals surface area contributed by atoms with Crippen LogP contribution >= 0.6 is 0 Å². The summed E-state index contributed by atoms with van der Waals surface area (Å²) in [5.41, 5.74) is 0. The van der Waals surface area contributed by atoms with Gasteiger partial charge in [-0.15, -0.1) is 0 Å². The van der Waals surface area contributed by atoms with E-state index in [-0.39, 0.29) is 0 Å². The van der Waals surface area contributed by atoms with E-state index in [0.717, 1.165) is 6.42 Å². The second-order valence-corrected chi connectivity index (χ2v) is 5.10. The van der Waals surface area contributed by atoms with Crippen molar-refractivity contribution in [2.45, 2.75) is 104 Å². The fourth-order valence-corrected chi connectivity index (χ4v) is 2.19. The van der Waals surface area contributed by atoms with Gasteiger partial charge < -0.3 is 0 Å². The molecule has 0 aliphatic carbocycles. The van der Waals surface area contributed by atoms with Crippen molar-refractivity contribution in [1.29, 1.82) is 0 Å². The topological polar surface area (TPSA) is 0 Å². The predicted molar refractivity (Wildman–Crippen MR) is 76.0 cm³/mol. The monoisotopic (exact) mass is 228 g/mol. The van der Waals surface area contributed by atoms with Crippen molar-refractivity contribution in [2.24, 2.45) is 0 Å². The van der Waals surface area contributed by atoms with Crippen molar-refractivity contribution >= 4 is 0 Å². The Balaban J connectivity index is 2.85. The van der Waals surface area contributed by atoms with Gasteiger partial charge in [0.1, 0.15) is 0 Å². The molecule has 0 heteroatoms. The number of hydrogen-bond donors (Lipinski definition) is 0. The van der Waals surface area contributed by atoms with Crippen LogP contribution in [0, 0.1) is 0 Å². The molecule has 0 heterocycles. The summed E-state index contributed by atoms with van der Waals surface area (Å²) in [6.07, 6.45) is 19.5. The maximum atomic E-state index is 7.06.